The molecule has 0 aliphatic carbocycles. The van der Waals surface area contributed by atoms with E-state index in [1.165, 1.54) is 30.3 Å². The molecule has 3 aromatic rings. The second kappa shape index (κ2) is 8.87. The van der Waals surface area contributed by atoms with E-state index in [0.717, 1.165) is 5.56 Å². The first-order valence-corrected chi connectivity index (χ1v) is 9.29. The molecule has 1 heterocycles. The zero-order valence-electron chi connectivity index (χ0n) is 14.9. The lowest BCUT2D eigenvalue weighted by molar-refractivity contribution is -0.0328. The molecule has 0 saturated heterocycles. The molecule has 1 amide bonds. The number of H-pyrrole nitrogens is 1. The van der Waals surface area contributed by atoms with Crippen molar-refractivity contribution in [1.29, 1.82) is 0 Å². The summed E-state index contributed by atoms with van der Waals surface area (Å²) in [7, 11) is 0. The van der Waals surface area contributed by atoms with Crippen LogP contribution in [-0.4, -0.2) is 16.4 Å². The first kappa shape index (κ1) is 20.5. The van der Waals surface area contributed by atoms with Crippen molar-refractivity contribution >= 4 is 29.0 Å². The Balaban J connectivity index is 1.72. The van der Waals surface area contributed by atoms with Crippen molar-refractivity contribution in [2.24, 2.45) is 0 Å². The number of pyridine rings is 1. The van der Waals surface area contributed by atoms with Gasteiger partial charge in [-0.1, -0.05) is 24.3 Å². The molecule has 0 saturated carbocycles. The monoisotopic (exact) mass is 419 g/mol. The minimum Gasteiger partial charge on any atom is -0.380 e. The zero-order chi connectivity index (χ0) is 20.9. The summed E-state index contributed by atoms with van der Waals surface area (Å²) in [6.07, 6.45) is 1.57. The van der Waals surface area contributed by atoms with Crippen LogP contribution in [-0.2, 0) is 6.54 Å². The molecule has 0 spiro atoms. The number of aromatic nitrogens is 1. The van der Waals surface area contributed by atoms with Crippen molar-refractivity contribution in [3.8, 4) is 0 Å². The van der Waals surface area contributed by atoms with E-state index in [2.05, 4.69) is 15.6 Å². The van der Waals surface area contributed by atoms with E-state index in [9.17, 15) is 22.8 Å². The molecular weight excluding hydrogens is 403 g/mol. The summed E-state index contributed by atoms with van der Waals surface area (Å²) in [5.41, 5.74) is -2.64. The van der Waals surface area contributed by atoms with Crippen LogP contribution in [0.4, 0.5) is 24.5 Å². The van der Waals surface area contributed by atoms with Crippen molar-refractivity contribution in [2.45, 2.75) is 16.9 Å². The van der Waals surface area contributed by atoms with Gasteiger partial charge in [-0.25, -0.2) is 0 Å². The van der Waals surface area contributed by atoms with Gasteiger partial charge in [0.05, 0.1) is 5.56 Å². The molecule has 0 aliphatic rings. The first-order chi connectivity index (χ1) is 13.8. The smallest absolute Gasteiger partial charge is 0.380 e. The number of hydrogen-bond acceptors (Lipinski definition) is 4. The summed E-state index contributed by atoms with van der Waals surface area (Å²) in [5.74, 6) is -0.455. The van der Waals surface area contributed by atoms with Crippen LogP contribution in [0.1, 0.15) is 15.9 Å². The maximum atomic E-state index is 12.7. The van der Waals surface area contributed by atoms with Crippen LogP contribution >= 0.6 is 11.8 Å². The van der Waals surface area contributed by atoms with Crippen molar-refractivity contribution in [3.05, 3.63) is 88.3 Å². The zero-order valence-corrected chi connectivity index (χ0v) is 15.7. The third-order valence-electron chi connectivity index (χ3n) is 3.83. The lowest BCUT2D eigenvalue weighted by Gasteiger charge is -2.13. The number of aromatic amines is 1. The first-order valence-electron chi connectivity index (χ1n) is 8.48. The van der Waals surface area contributed by atoms with Gasteiger partial charge in [0.25, 0.3) is 5.91 Å². The molecule has 150 valence electrons. The SMILES string of the molecule is O=C(Nc1cccc(SC(F)(F)F)c1)c1ccccc1NCc1ccc(=O)[nH]c1. The summed E-state index contributed by atoms with van der Waals surface area (Å²) in [4.78, 5) is 26.3. The Labute approximate surface area is 168 Å². The summed E-state index contributed by atoms with van der Waals surface area (Å²) in [6.45, 7) is 0.374. The number of benzene rings is 2. The van der Waals surface area contributed by atoms with Gasteiger partial charge in [-0.3, -0.25) is 9.59 Å². The minimum atomic E-state index is -4.40. The molecule has 0 unspecified atom stereocenters. The second-order valence-electron chi connectivity index (χ2n) is 5.99. The van der Waals surface area contributed by atoms with Crippen molar-refractivity contribution in [3.63, 3.8) is 0 Å². The highest BCUT2D eigenvalue weighted by atomic mass is 32.2. The second-order valence-corrected chi connectivity index (χ2v) is 7.13. The lowest BCUT2D eigenvalue weighted by atomic mass is 10.1. The number of para-hydroxylation sites is 1. The van der Waals surface area contributed by atoms with Gasteiger partial charge in [-0.05, 0) is 47.7 Å². The van der Waals surface area contributed by atoms with Gasteiger partial charge in [0.2, 0.25) is 5.56 Å². The van der Waals surface area contributed by atoms with E-state index in [-0.39, 0.29) is 27.9 Å². The van der Waals surface area contributed by atoms with Crippen LogP contribution in [0.15, 0.2) is 76.6 Å². The fourth-order valence-corrected chi connectivity index (χ4v) is 3.15. The highest BCUT2D eigenvalue weighted by Gasteiger charge is 2.29. The predicted molar refractivity (Wildman–Crippen MR) is 107 cm³/mol. The lowest BCUT2D eigenvalue weighted by Crippen LogP contribution is -2.15. The van der Waals surface area contributed by atoms with E-state index in [0.29, 0.717) is 17.8 Å². The average Bonchev–Trinajstić information content (AvgIpc) is 2.67. The molecule has 29 heavy (non-hydrogen) atoms. The Hall–Kier alpha value is -3.20. The maximum absolute atomic E-state index is 12.7. The summed E-state index contributed by atoms with van der Waals surface area (Å²) in [6, 6.07) is 15.4. The molecule has 0 bridgehead atoms. The molecule has 5 nitrogen and oxygen atoms in total. The fraction of sp³-hybridized carbons (Fsp3) is 0.100. The molecule has 9 heteroatoms. The van der Waals surface area contributed by atoms with Gasteiger partial charge in [0.1, 0.15) is 0 Å². The molecule has 0 atom stereocenters. The molecule has 0 aliphatic heterocycles. The van der Waals surface area contributed by atoms with E-state index < -0.39 is 11.4 Å². The number of carbonyl (C=O) groups is 1. The fourth-order valence-electron chi connectivity index (χ4n) is 2.55. The number of amides is 1. The molecule has 3 N–H and O–H groups in total. The van der Waals surface area contributed by atoms with Gasteiger partial charge < -0.3 is 15.6 Å². The Kier molecular flexibility index (Phi) is 6.28. The van der Waals surface area contributed by atoms with E-state index in [4.69, 9.17) is 0 Å². The third kappa shape index (κ3) is 6.15. The van der Waals surface area contributed by atoms with Crippen LogP contribution in [0.5, 0.6) is 0 Å². The Morgan fingerprint density at radius 2 is 1.83 bits per heavy atom. The molecular formula is C20H16F3N3O2S. The van der Waals surface area contributed by atoms with Crippen molar-refractivity contribution in [2.75, 3.05) is 10.6 Å². The number of hydrogen-bond donors (Lipinski definition) is 3. The van der Waals surface area contributed by atoms with Gasteiger partial charge >= 0.3 is 5.51 Å². The van der Waals surface area contributed by atoms with E-state index >= 15 is 0 Å². The molecule has 3 rings (SSSR count). The Morgan fingerprint density at radius 1 is 1.03 bits per heavy atom. The average molecular weight is 419 g/mol. The Bertz CT molecular complexity index is 1050. The number of carbonyl (C=O) groups excluding carboxylic acids is 1. The van der Waals surface area contributed by atoms with Crippen molar-refractivity contribution in [1.82, 2.24) is 4.98 Å². The van der Waals surface area contributed by atoms with Crippen LogP contribution in [0.25, 0.3) is 0 Å². The largest absolute Gasteiger partial charge is 0.446 e. The standard InChI is InChI=1S/C20H16F3N3O2S/c21-20(22,23)29-15-5-3-4-14(10-15)26-19(28)16-6-1-2-7-17(16)24-11-13-8-9-18(27)25-12-13/h1-10,12,24H,11H2,(H,25,27)(H,26,28). The number of alkyl halides is 3. The van der Waals surface area contributed by atoms with Gasteiger partial charge in [0, 0.05) is 35.1 Å². The molecule has 0 radical (unpaired) electrons. The van der Waals surface area contributed by atoms with E-state index in [1.807, 2.05) is 0 Å². The molecule has 2 aromatic carbocycles. The Morgan fingerprint density at radius 3 is 2.55 bits per heavy atom. The van der Waals surface area contributed by atoms with Crippen LogP contribution in [0.3, 0.4) is 0 Å². The maximum Gasteiger partial charge on any atom is 0.446 e. The summed E-state index contributed by atoms with van der Waals surface area (Å²) >= 11 is -0.241. The quantitative estimate of drug-likeness (QED) is 0.500. The van der Waals surface area contributed by atoms with Gasteiger partial charge in [-0.15, -0.1) is 0 Å². The van der Waals surface area contributed by atoms with Gasteiger partial charge in [-0.2, -0.15) is 13.2 Å². The highest BCUT2D eigenvalue weighted by Crippen LogP contribution is 2.37. The van der Waals surface area contributed by atoms with Crippen molar-refractivity contribution < 1.29 is 18.0 Å². The number of rotatable bonds is 6. The molecule has 0 fully saturated rings. The highest BCUT2D eigenvalue weighted by molar-refractivity contribution is 8.00. The minimum absolute atomic E-state index is 0.0141. The van der Waals surface area contributed by atoms with Crippen LogP contribution in [0, 0.1) is 0 Å². The summed E-state index contributed by atoms with van der Waals surface area (Å²) < 4.78 is 37.6. The topological polar surface area (TPSA) is 74.0 Å². The van der Waals surface area contributed by atoms with Crippen LogP contribution in [0.2, 0.25) is 0 Å². The molecule has 1 aromatic heterocycles. The number of thioether (sulfide) groups is 1. The summed E-state index contributed by atoms with van der Waals surface area (Å²) in [5, 5.41) is 5.75. The number of nitrogens with one attached hydrogen (secondary N) is 3. The number of halogens is 3. The third-order valence-corrected chi connectivity index (χ3v) is 4.55. The van der Waals surface area contributed by atoms with Gasteiger partial charge in [0.15, 0.2) is 0 Å². The van der Waals surface area contributed by atoms with Crippen LogP contribution < -0.4 is 16.2 Å². The number of anilines is 2. The normalized spacial score (nSPS) is 11.1. The predicted octanol–water partition coefficient (Wildman–Crippen LogP) is 4.85. The van der Waals surface area contributed by atoms with E-state index in [1.54, 1.807) is 36.5 Å².